The van der Waals surface area contributed by atoms with Gasteiger partial charge in [0.2, 0.25) is 10.0 Å². The lowest BCUT2D eigenvalue weighted by Gasteiger charge is -2.13. The summed E-state index contributed by atoms with van der Waals surface area (Å²) in [6.07, 6.45) is 0. The number of H-pyrrole nitrogens is 1. The zero-order chi connectivity index (χ0) is 20.1. The van der Waals surface area contributed by atoms with Crippen LogP contribution in [0.2, 0.25) is 0 Å². The molecule has 2 aromatic carbocycles. The highest BCUT2D eigenvalue weighted by atomic mass is 32.2. The third-order valence-corrected chi connectivity index (χ3v) is 5.28. The van der Waals surface area contributed by atoms with Crippen molar-refractivity contribution < 1.29 is 8.42 Å². The van der Waals surface area contributed by atoms with Crippen molar-refractivity contribution in [1.82, 2.24) is 19.7 Å². The number of anilines is 1. The lowest BCUT2D eigenvalue weighted by atomic mass is 10.1. The molecule has 0 bridgehead atoms. The van der Waals surface area contributed by atoms with Crippen molar-refractivity contribution >= 4 is 26.9 Å². The van der Waals surface area contributed by atoms with E-state index in [-0.39, 0.29) is 27.3 Å². The van der Waals surface area contributed by atoms with Crippen LogP contribution in [0.1, 0.15) is 5.56 Å². The molecule has 2 heterocycles. The molecule has 9 nitrogen and oxygen atoms in total. The van der Waals surface area contributed by atoms with Gasteiger partial charge in [-0.1, -0.05) is 17.7 Å². The number of benzene rings is 2. The van der Waals surface area contributed by atoms with Crippen LogP contribution in [0.5, 0.6) is 0 Å². The van der Waals surface area contributed by atoms with Crippen molar-refractivity contribution in [3.8, 4) is 17.1 Å². The van der Waals surface area contributed by atoms with E-state index in [1.807, 2.05) is 19.1 Å². The van der Waals surface area contributed by atoms with E-state index in [1.54, 1.807) is 12.1 Å². The molecule has 4 rings (SSSR count). The van der Waals surface area contributed by atoms with Crippen LogP contribution in [0.3, 0.4) is 0 Å². The average Bonchev–Trinajstić information content (AvgIpc) is 3.03. The minimum atomic E-state index is -3.83. The van der Waals surface area contributed by atoms with E-state index in [0.717, 1.165) is 5.56 Å². The summed E-state index contributed by atoms with van der Waals surface area (Å²) in [6, 6.07) is 13.1. The molecule has 0 amide bonds. The molecule has 0 fully saturated rings. The molecule has 0 aliphatic carbocycles. The van der Waals surface area contributed by atoms with Crippen LogP contribution in [0, 0.1) is 6.92 Å². The Kier molecular flexibility index (Phi) is 4.02. The Hall–Kier alpha value is -3.50. The summed E-state index contributed by atoms with van der Waals surface area (Å²) in [5, 5.41) is 11.9. The fourth-order valence-corrected chi connectivity index (χ4v) is 3.44. The zero-order valence-corrected chi connectivity index (χ0v) is 15.6. The second kappa shape index (κ2) is 6.29. The topological polar surface area (TPSA) is 150 Å². The summed E-state index contributed by atoms with van der Waals surface area (Å²) in [7, 11) is -3.83. The van der Waals surface area contributed by atoms with Crippen molar-refractivity contribution in [3.63, 3.8) is 0 Å². The van der Waals surface area contributed by atoms with E-state index in [0.29, 0.717) is 17.1 Å². The van der Waals surface area contributed by atoms with Gasteiger partial charge in [0.15, 0.2) is 11.5 Å². The lowest BCUT2D eigenvalue weighted by molar-refractivity contribution is 0.598. The Morgan fingerprint density at radius 3 is 2.29 bits per heavy atom. The molecule has 0 unspecified atom stereocenters. The van der Waals surface area contributed by atoms with Gasteiger partial charge in [-0.15, -0.1) is 0 Å². The second-order valence-corrected chi connectivity index (χ2v) is 7.87. The first-order valence-corrected chi connectivity index (χ1v) is 9.77. The predicted octanol–water partition coefficient (Wildman–Crippen LogP) is 1.31. The number of rotatable bonds is 3. The van der Waals surface area contributed by atoms with E-state index in [9.17, 15) is 13.2 Å². The second-order valence-electron chi connectivity index (χ2n) is 6.31. The molecule has 0 radical (unpaired) electrons. The van der Waals surface area contributed by atoms with Crippen molar-refractivity contribution in [2.45, 2.75) is 11.8 Å². The first-order valence-electron chi connectivity index (χ1n) is 8.22. The van der Waals surface area contributed by atoms with Crippen LogP contribution in [-0.4, -0.2) is 28.2 Å². The largest absolute Gasteiger partial charge is 0.381 e. The van der Waals surface area contributed by atoms with Crippen molar-refractivity contribution in [3.05, 3.63) is 64.4 Å². The molecule has 0 aliphatic heterocycles. The van der Waals surface area contributed by atoms with Gasteiger partial charge in [-0.25, -0.2) is 18.5 Å². The summed E-state index contributed by atoms with van der Waals surface area (Å²) in [5.41, 5.74) is 7.85. The van der Waals surface area contributed by atoms with E-state index < -0.39 is 10.0 Å². The minimum Gasteiger partial charge on any atom is -0.381 e. The Morgan fingerprint density at radius 1 is 1.04 bits per heavy atom. The monoisotopic (exact) mass is 396 g/mol. The number of nitrogens with one attached hydrogen (secondary N) is 1. The van der Waals surface area contributed by atoms with Gasteiger partial charge in [-0.3, -0.25) is 14.5 Å². The number of hydrogen-bond acceptors (Lipinski definition) is 6. The summed E-state index contributed by atoms with van der Waals surface area (Å²) in [6.45, 7) is 1.94. The Labute approximate surface area is 159 Å². The summed E-state index contributed by atoms with van der Waals surface area (Å²) >= 11 is 0. The smallest absolute Gasteiger partial charge is 0.271 e. The fourth-order valence-electron chi connectivity index (χ4n) is 2.92. The maximum absolute atomic E-state index is 13.2. The van der Waals surface area contributed by atoms with Crippen LogP contribution in [0.25, 0.3) is 28.1 Å². The molecule has 0 atom stereocenters. The molecule has 0 saturated heterocycles. The number of sulfonamides is 1. The average molecular weight is 396 g/mol. The maximum Gasteiger partial charge on any atom is 0.271 e. The standard InChI is InChI=1S/C18H16N6O3S/c1-10-2-6-12(7-3-10)24-17(11-4-8-13(9-5-11)28(20,26)27)21-16-14(18(24)25)15(19)22-23-16/h2-9H,1H3,(H3,19,22,23)(H2,20,26,27). The van der Waals surface area contributed by atoms with Crippen molar-refractivity contribution in [2.75, 3.05) is 5.73 Å². The Bertz CT molecular complexity index is 1350. The van der Waals surface area contributed by atoms with Gasteiger partial charge in [0.1, 0.15) is 11.2 Å². The molecule has 0 aliphatic rings. The van der Waals surface area contributed by atoms with E-state index in [2.05, 4.69) is 15.2 Å². The normalized spacial score (nSPS) is 11.8. The number of hydrogen-bond donors (Lipinski definition) is 3. The fraction of sp³-hybridized carbons (Fsp3) is 0.0556. The molecule has 28 heavy (non-hydrogen) atoms. The third-order valence-electron chi connectivity index (χ3n) is 4.35. The number of aryl methyl sites for hydroxylation is 1. The highest BCUT2D eigenvalue weighted by Gasteiger charge is 2.18. The third kappa shape index (κ3) is 2.94. The number of nitrogen functional groups attached to an aromatic ring is 1. The van der Waals surface area contributed by atoms with Crippen LogP contribution < -0.4 is 16.4 Å². The molecular formula is C18H16N6O3S. The van der Waals surface area contributed by atoms with Crippen LogP contribution in [-0.2, 0) is 10.0 Å². The van der Waals surface area contributed by atoms with E-state index in [4.69, 9.17) is 10.9 Å². The minimum absolute atomic E-state index is 0.0349. The first kappa shape index (κ1) is 17.9. The van der Waals surface area contributed by atoms with Crippen molar-refractivity contribution in [2.24, 2.45) is 5.14 Å². The SMILES string of the molecule is Cc1ccc(-n2c(-c3ccc(S(N)(=O)=O)cc3)nc3[nH]nc(N)c3c2=O)cc1. The summed E-state index contributed by atoms with van der Waals surface area (Å²) in [5.74, 6) is 0.371. The maximum atomic E-state index is 13.2. The summed E-state index contributed by atoms with van der Waals surface area (Å²) < 4.78 is 24.4. The molecule has 4 aromatic rings. The first-order chi connectivity index (χ1) is 13.3. The molecule has 5 N–H and O–H groups in total. The Balaban J connectivity index is 2.03. The zero-order valence-electron chi connectivity index (χ0n) is 14.7. The van der Waals surface area contributed by atoms with Crippen molar-refractivity contribution in [1.29, 1.82) is 0 Å². The summed E-state index contributed by atoms with van der Waals surface area (Å²) in [4.78, 5) is 17.7. The molecule has 0 saturated carbocycles. The van der Waals surface area contributed by atoms with Crippen LogP contribution in [0.4, 0.5) is 5.82 Å². The van der Waals surface area contributed by atoms with Gasteiger partial charge in [-0.05, 0) is 43.3 Å². The van der Waals surface area contributed by atoms with Gasteiger partial charge < -0.3 is 5.73 Å². The van der Waals surface area contributed by atoms with Gasteiger partial charge in [-0.2, -0.15) is 5.10 Å². The number of fused-ring (bicyclic) bond motifs is 1. The lowest BCUT2D eigenvalue weighted by Crippen LogP contribution is -2.22. The van der Waals surface area contributed by atoms with Gasteiger partial charge in [0, 0.05) is 5.56 Å². The number of nitrogens with zero attached hydrogens (tertiary/aromatic N) is 3. The van der Waals surface area contributed by atoms with Gasteiger partial charge in [0.05, 0.1) is 10.6 Å². The Morgan fingerprint density at radius 2 is 1.68 bits per heavy atom. The molecule has 142 valence electrons. The van der Waals surface area contributed by atoms with Gasteiger partial charge in [0.25, 0.3) is 5.56 Å². The molecule has 0 spiro atoms. The van der Waals surface area contributed by atoms with Crippen LogP contribution in [0.15, 0.2) is 58.2 Å². The van der Waals surface area contributed by atoms with Gasteiger partial charge >= 0.3 is 0 Å². The predicted molar refractivity (Wildman–Crippen MR) is 105 cm³/mol. The molecule has 2 aromatic heterocycles. The molecular weight excluding hydrogens is 380 g/mol. The number of aromatic nitrogens is 4. The molecule has 10 heteroatoms. The highest BCUT2D eigenvalue weighted by molar-refractivity contribution is 7.89. The van der Waals surface area contributed by atoms with E-state index >= 15 is 0 Å². The van der Waals surface area contributed by atoms with E-state index in [1.165, 1.54) is 28.8 Å². The number of primary sulfonamides is 1. The number of nitrogens with two attached hydrogens (primary N) is 2. The highest BCUT2D eigenvalue weighted by Crippen LogP contribution is 2.24. The number of aromatic amines is 1. The van der Waals surface area contributed by atoms with Crippen LogP contribution >= 0.6 is 0 Å². The quantitative estimate of drug-likeness (QED) is 0.475.